The van der Waals surface area contributed by atoms with Gasteiger partial charge in [0.15, 0.2) is 0 Å². The molecule has 2 N–H and O–H groups in total. The zero-order valence-electron chi connectivity index (χ0n) is 7.89. The molecule has 0 atom stereocenters. The monoisotopic (exact) mass is 169 g/mol. The van der Waals surface area contributed by atoms with Gasteiger partial charge >= 0.3 is 0 Å². The van der Waals surface area contributed by atoms with E-state index >= 15 is 0 Å². The van der Waals surface area contributed by atoms with Gasteiger partial charge in [0.05, 0.1) is 5.69 Å². The summed E-state index contributed by atoms with van der Waals surface area (Å²) in [4.78, 5) is 0. The molecule has 0 aliphatic heterocycles. The largest absolute Gasteiger partial charge is 0.396 e. The van der Waals surface area contributed by atoms with Gasteiger partial charge in [0.25, 0.3) is 0 Å². The first-order valence-corrected chi connectivity index (χ1v) is 4.28. The molecule has 1 nitrogen and oxygen atoms in total. The zero-order chi connectivity index (χ0) is 9.56. The molecular weight excluding hydrogens is 153 g/mol. The molecule has 0 aromatic heterocycles. The Morgan fingerprint density at radius 2 is 1.92 bits per heavy atom. The van der Waals surface area contributed by atoms with Crippen molar-refractivity contribution in [2.45, 2.75) is 27.2 Å². The van der Waals surface area contributed by atoms with Gasteiger partial charge in [-0.25, -0.2) is 4.39 Å². The van der Waals surface area contributed by atoms with Crippen molar-refractivity contribution < 1.29 is 4.39 Å². The molecule has 12 heavy (non-hydrogen) atoms. The molecule has 0 bridgehead atoms. The summed E-state index contributed by atoms with van der Waals surface area (Å²) in [6.07, 6.45) is 0.844. The predicted molar refractivity (Wildman–Crippen MR) is 51.5 cm³/mol. The summed E-state index contributed by atoms with van der Waals surface area (Å²) in [7, 11) is 0. The molecule has 0 aliphatic carbocycles. The minimum Gasteiger partial charge on any atom is -0.396 e. The van der Waals surface area contributed by atoms with E-state index in [9.17, 15) is 4.39 Å². The minimum atomic E-state index is -0.320. The number of aryl methyl sites for hydroxylation is 1. The Bertz CT molecular complexity index is 233. The van der Waals surface area contributed by atoms with Crippen molar-refractivity contribution in [3.05, 3.63) is 29.6 Å². The highest BCUT2D eigenvalue weighted by molar-refractivity contribution is 5.41. The third-order valence-electron chi connectivity index (χ3n) is 1.47. The summed E-state index contributed by atoms with van der Waals surface area (Å²) in [6.45, 7) is 5.98. The van der Waals surface area contributed by atoms with Gasteiger partial charge in [-0.2, -0.15) is 0 Å². The molecule has 0 saturated heterocycles. The van der Waals surface area contributed by atoms with E-state index in [-0.39, 0.29) is 11.5 Å². The standard InChI is InChI=1S/C8H10FN.C2H6/c1-2-6-3-4-8(10)7(9)5-6;1-2/h3-5H,2,10H2,1H3;1-2H3. The lowest BCUT2D eigenvalue weighted by atomic mass is 10.1. The Kier molecular flexibility index (Phi) is 5.09. The average Bonchev–Trinajstić information content (AvgIpc) is 2.13. The number of hydrogen-bond acceptors (Lipinski definition) is 1. The Morgan fingerprint density at radius 1 is 1.33 bits per heavy atom. The second-order valence-corrected chi connectivity index (χ2v) is 2.21. The van der Waals surface area contributed by atoms with Crippen molar-refractivity contribution in [3.8, 4) is 0 Å². The van der Waals surface area contributed by atoms with Crippen molar-refractivity contribution in [3.63, 3.8) is 0 Å². The van der Waals surface area contributed by atoms with Crippen molar-refractivity contribution in [1.82, 2.24) is 0 Å². The van der Waals surface area contributed by atoms with Gasteiger partial charge in [0.2, 0.25) is 0 Å². The van der Waals surface area contributed by atoms with Crippen LogP contribution in [0.3, 0.4) is 0 Å². The van der Waals surface area contributed by atoms with E-state index in [1.54, 1.807) is 6.07 Å². The SMILES string of the molecule is CC.CCc1ccc(N)c(F)c1. The molecule has 68 valence electrons. The molecule has 1 aromatic rings. The molecule has 0 aliphatic rings. The number of anilines is 1. The van der Waals surface area contributed by atoms with Gasteiger partial charge in [0.1, 0.15) is 5.82 Å². The lowest BCUT2D eigenvalue weighted by molar-refractivity contribution is 0.630. The Labute approximate surface area is 73.4 Å². The maximum absolute atomic E-state index is 12.6. The second-order valence-electron chi connectivity index (χ2n) is 2.21. The summed E-state index contributed by atoms with van der Waals surface area (Å²) >= 11 is 0. The highest BCUT2D eigenvalue weighted by Gasteiger charge is 1.96. The second kappa shape index (κ2) is 5.58. The van der Waals surface area contributed by atoms with Crippen LogP contribution in [0.15, 0.2) is 18.2 Å². The van der Waals surface area contributed by atoms with Gasteiger partial charge in [-0.05, 0) is 24.1 Å². The first kappa shape index (κ1) is 11.0. The van der Waals surface area contributed by atoms with Crippen LogP contribution < -0.4 is 5.73 Å². The number of nitrogen functional groups attached to an aromatic ring is 1. The summed E-state index contributed by atoms with van der Waals surface area (Å²) in [5.41, 5.74) is 6.47. The smallest absolute Gasteiger partial charge is 0.146 e. The zero-order valence-corrected chi connectivity index (χ0v) is 7.89. The van der Waals surface area contributed by atoms with Crippen molar-refractivity contribution in [1.29, 1.82) is 0 Å². The summed E-state index contributed by atoms with van der Waals surface area (Å²) < 4.78 is 12.6. The normalized spacial score (nSPS) is 8.67. The maximum Gasteiger partial charge on any atom is 0.146 e. The van der Waals surface area contributed by atoms with Crippen LogP contribution >= 0.6 is 0 Å². The lowest BCUT2D eigenvalue weighted by Crippen LogP contribution is -1.91. The van der Waals surface area contributed by atoms with E-state index in [0.29, 0.717) is 0 Å². The molecule has 0 saturated carbocycles. The van der Waals surface area contributed by atoms with Crippen molar-refractivity contribution >= 4 is 5.69 Å². The van der Waals surface area contributed by atoms with Gasteiger partial charge < -0.3 is 5.73 Å². The summed E-state index contributed by atoms with van der Waals surface area (Å²) in [6, 6.07) is 4.89. The van der Waals surface area contributed by atoms with E-state index in [1.165, 1.54) is 6.07 Å². The number of nitrogens with two attached hydrogens (primary N) is 1. The van der Waals surface area contributed by atoms with Gasteiger partial charge in [0, 0.05) is 0 Å². The molecule has 0 spiro atoms. The first-order valence-electron chi connectivity index (χ1n) is 4.28. The number of hydrogen-bond donors (Lipinski definition) is 1. The number of benzene rings is 1. The molecule has 0 radical (unpaired) electrons. The Hall–Kier alpha value is -1.05. The van der Waals surface area contributed by atoms with E-state index in [2.05, 4.69) is 0 Å². The highest BCUT2D eigenvalue weighted by atomic mass is 19.1. The quantitative estimate of drug-likeness (QED) is 0.642. The molecule has 0 fully saturated rings. The number of rotatable bonds is 1. The van der Waals surface area contributed by atoms with Crippen LogP contribution in [0.4, 0.5) is 10.1 Å². The van der Waals surface area contributed by atoms with E-state index in [0.717, 1.165) is 12.0 Å². The molecule has 1 aromatic carbocycles. The van der Waals surface area contributed by atoms with Crippen molar-refractivity contribution in [2.24, 2.45) is 0 Å². The van der Waals surface area contributed by atoms with Gasteiger partial charge in [-0.1, -0.05) is 26.8 Å². The molecule has 0 unspecified atom stereocenters. The topological polar surface area (TPSA) is 26.0 Å². The Balaban J connectivity index is 0.000000561. The molecule has 1 rings (SSSR count). The lowest BCUT2D eigenvalue weighted by Gasteiger charge is -1.98. The predicted octanol–water partition coefficient (Wildman–Crippen LogP) is 3.00. The van der Waals surface area contributed by atoms with Crippen LogP contribution in [0.2, 0.25) is 0 Å². The fraction of sp³-hybridized carbons (Fsp3) is 0.400. The van der Waals surface area contributed by atoms with E-state index in [1.807, 2.05) is 26.8 Å². The maximum atomic E-state index is 12.6. The van der Waals surface area contributed by atoms with E-state index in [4.69, 9.17) is 5.73 Å². The Morgan fingerprint density at radius 3 is 2.33 bits per heavy atom. The molecule has 0 amide bonds. The first-order chi connectivity index (χ1) is 5.74. The third-order valence-corrected chi connectivity index (χ3v) is 1.47. The fourth-order valence-corrected chi connectivity index (χ4v) is 0.791. The minimum absolute atomic E-state index is 0.220. The summed E-state index contributed by atoms with van der Waals surface area (Å²) in [5.74, 6) is -0.320. The van der Waals surface area contributed by atoms with Crippen LogP contribution in [0.5, 0.6) is 0 Å². The van der Waals surface area contributed by atoms with Crippen LogP contribution in [0.25, 0.3) is 0 Å². The highest BCUT2D eigenvalue weighted by Crippen LogP contribution is 2.11. The summed E-state index contributed by atoms with van der Waals surface area (Å²) in [5, 5.41) is 0. The van der Waals surface area contributed by atoms with Gasteiger partial charge in [-0.3, -0.25) is 0 Å². The average molecular weight is 169 g/mol. The fourth-order valence-electron chi connectivity index (χ4n) is 0.791. The van der Waals surface area contributed by atoms with Crippen LogP contribution in [0, 0.1) is 5.82 Å². The van der Waals surface area contributed by atoms with E-state index < -0.39 is 0 Å². The van der Waals surface area contributed by atoms with Crippen LogP contribution in [-0.2, 0) is 6.42 Å². The molecular formula is C10H16FN. The van der Waals surface area contributed by atoms with Crippen LogP contribution in [0.1, 0.15) is 26.3 Å². The number of halogens is 1. The van der Waals surface area contributed by atoms with Crippen molar-refractivity contribution in [2.75, 3.05) is 5.73 Å². The molecule has 0 heterocycles. The third kappa shape index (κ3) is 2.91. The molecule has 2 heteroatoms. The van der Waals surface area contributed by atoms with Gasteiger partial charge in [-0.15, -0.1) is 0 Å². The van der Waals surface area contributed by atoms with Crippen LogP contribution in [-0.4, -0.2) is 0 Å².